The number of amides is 1. The van der Waals surface area contributed by atoms with Crippen molar-refractivity contribution in [3.63, 3.8) is 0 Å². The van der Waals surface area contributed by atoms with Crippen LogP contribution in [0.2, 0.25) is 0 Å². The molecule has 2 unspecified atom stereocenters. The monoisotopic (exact) mass is 486 g/mol. The van der Waals surface area contributed by atoms with Crippen LogP contribution in [-0.2, 0) is 28.5 Å². The first kappa shape index (κ1) is 25.0. The van der Waals surface area contributed by atoms with Crippen molar-refractivity contribution in [2.45, 2.75) is 57.3 Å². The van der Waals surface area contributed by atoms with Gasteiger partial charge >= 0.3 is 6.18 Å². The molecule has 5 nitrogen and oxygen atoms in total. The maximum atomic E-state index is 14.2. The van der Waals surface area contributed by atoms with Crippen LogP contribution < -0.4 is 14.8 Å². The Kier molecular flexibility index (Phi) is 7.99. The van der Waals surface area contributed by atoms with Crippen LogP contribution in [0.15, 0.2) is 36.4 Å². The lowest BCUT2D eigenvalue weighted by atomic mass is 9.99. The predicted molar refractivity (Wildman–Crippen MR) is 119 cm³/mol. The van der Waals surface area contributed by atoms with Gasteiger partial charge in [-0.1, -0.05) is 12.1 Å². The van der Waals surface area contributed by atoms with Crippen LogP contribution in [0.3, 0.4) is 0 Å². The molecule has 3 rings (SSSR count). The first-order valence-electron chi connectivity index (χ1n) is 10.6. The van der Waals surface area contributed by atoms with Gasteiger partial charge < -0.3 is 14.8 Å². The maximum absolute atomic E-state index is 14.2. The highest BCUT2D eigenvalue weighted by molar-refractivity contribution is 7.85. The van der Waals surface area contributed by atoms with Crippen LogP contribution >= 0.6 is 0 Å². The van der Waals surface area contributed by atoms with Crippen molar-refractivity contribution >= 4 is 22.6 Å². The molecule has 0 bridgehead atoms. The molecule has 10 heteroatoms. The van der Waals surface area contributed by atoms with E-state index in [-0.39, 0.29) is 24.1 Å². The minimum Gasteiger partial charge on any atom is -0.490 e. The standard InChI is InChI=1S/C23H26F4N2O3S/c1-14(15-8-10-20(19(24)11-15)29-33(2)31)22(30)28-13-16-7-9-17(23(25,26)27)12-21(16)32-18-5-3-4-6-18/h7-12,14,18,29H,3-6,13H2,1-2H3,(H,28,30). The number of anilines is 1. The van der Waals surface area contributed by atoms with E-state index in [1.165, 1.54) is 24.5 Å². The van der Waals surface area contributed by atoms with Crippen molar-refractivity contribution in [3.8, 4) is 5.75 Å². The van der Waals surface area contributed by atoms with Gasteiger partial charge in [0.2, 0.25) is 5.91 Å². The van der Waals surface area contributed by atoms with E-state index in [0.717, 1.165) is 37.8 Å². The number of rotatable bonds is 8. The fourth-order valence-electron chi connectivity index (χ4n) is 3.70. The van der Waals surface area contributed by atoms with E-state index in [9.17, 15) is 26.6 Å². The van der Waals surface area contributed by atoms with Crippen LogP contribution in [0.5, 0.6) is 5.75 Å². The van der Waals surface area contributed by atoms with Crippen molar-refractivity contribution in [2.75, 3.05) is 11.0 Å². The van der Waals surface area contributed by atoms with Crippen molar-refractivity contribution < 1.29 is 31.3 Å². The quantitative estimate of drug-likeness (QED) is 0.498. The number of ether oxygens (including phenoxy) is 1. The predicted octanol–water partition coefficient (Wildman–Crippen LogP) is 5.29. The Bertz CT molecular complexity index is 1020. The normalized spacial score (nSPS) is 16.3. The van der Waals surface area contributed by atoms with Gasteiger partial charge in [-0.15, -0.1) is 0 Å². The van der Waals surface area contributed by atoms with Gasteiger partial charge in [0.15, 0.2) is 0 Å². The summed E-state index contributed by atoms with van der Waals surface area (Å²) in [7, 11) is -1.44. The Morgan fingerprint density at radius 2 is 1.88 bits per heavy atom. The minimum atomic E-state index is -4.50. The lowest BCUT2D eigenvalue weighted by Crippen LogP contribution is -2.28. The third kappa shape index (κ3) is 6.69. The van der Waals surface area contributed by atoms with Gasteiger partial charge in [0.25, 0.3) is 0 Å². The number of hydrogen-bond acceptors (Lipinski definition) is 3. The van der Waals surface area contributed by atoms with E-state index in [2.05, 4.69) is 10.0 Å². The highest BCUT2D eigenvalue weighted by Gasteiger charge is 2.32. The Morgan fingerprint density at radius 1 is 1.18 bits per heavy atom. The lowest BCUT2D eigenvalue weighted by molar-refractivity contribution is -0.137. The molecule has 2 N–H and O–H groups in total. The molecule has 2 atom stereocenters. The summed E-state index contributed by atoms with van der Waals surface area (Å²) >= 11 is 0. The number of nitrogens with one attached hydrogen (secondary N) is 2. The highest BCUT2D eigenvalue weighted by Crippen LogP contribution is 2.35. The maximum Gasteiger partial charge on any atom is 0.416 e. The molecule has 2 aromatic carbocycles. The van der Waals surface area contributed by atoms with E-state index in [0.29, 0.717) is 11.1 Å². The summed E-state index contributed by atoms with van der Waals surface area (Å²) < 4.78 is 73.3. The minimum absolute atomic E-state index is 0.0275. The topological polar surface area (TPSA) is 67.4 Å². The average molecular weight is 487 g/mol. The van der Waals surface area contributed by atoms with Crippen molar-refractivity contribution in [2.24, 2.45) is 0 Å². The zero-order chi connectivity index (χ0) is 24.2. The zero-order valence-corrected chi connectivity index (χ0v) is 19.1. The molecule has 0 radical (unpaired) electrons. The second-order valence-electron chi connectivity index (χ2n) is 8.08. The molecular weight excluding hydrogens is 460 g/mol. The zero-order valence-electron chi connectivity index (χ0n) is 18.3. The summed E-state index contributed by atoms with van der Waals surface area (Å²) in [6.45, 7) is 1.57. The van der Waals surface area contributed by atoms with Crippen LogP contribution in [0.1, 0.15) is 55.2 Å². The molecular formula is C23H26F4N2O3S. The van der Waals surface area contributed by atoms with Crippen molar-refractivity contribution in [3.05, 3.63) is 58.9 Å². The first-order chi connectivity index (χ1) is 15.5. The number of carbonyl (C=O) groups is 1. The molecule has 0 spiro atoms. The molecule has 0 aromatic heterocycles. The Hall–Kier alpha value is -2.62. The van der Waals surface area contributed by atoms with Crippen LogP contribution in [0.25, 0.3) is 0 Å². The molecule has 1 saturated carbocycles. The molecule has 2 aromatic rings. The third-order valence-corrected chi connectivity index (χ3v) is 6.09. The van der Waals surface area contributed by atoms with E-state index in [1.807, 2.05) is 0 Å². The molecule has 1 aliphatic rings. The van der Waals surface area contributed by atoms with Gasteiger partial charge in [-0.2, -0.15) is 13.2 Å². The molecule has 0 saturated heterocycles. The largest absolute Gasteiger partial charge is 0.490 e. The summed E-state index contributed by atoms with van der Waals surface area (Å²) in [4.78, 5) is 12.7. The van der Waals surface area contributed by atoms with Crippen LogP contribution in [-0.4, -0.2) is 22.5 Å². The molecule has 1 aliphatic carbocycles. The van der Waals surface area contributed by atoms with Crippen LogP contribution in [0, 0.1) is 5.82 Å². The van der Waals surface area contributed by atoms with E-state index in [4.69, 9.17) is 4.74 Å². The number of hydrogen-bond donors (Lipinski definition) is 2. The van der Waals surface area contributed by atoms with E-state index < -0.39 is 40.4 Å². The average Bonchev–Trinajstić information content (AvgIpc) is 3.25. The second-order valence-corrected chi connectivity index (χ2v) is 9.19. The summed E-state index contributed by atoms with van der Waals surface area (Å²) in [6.07, 6.45) is 0.213. The summed E-state index contributed by atoms with van der Waals surface area (Å²) in [6, 6.07) is 7.39. The summed E-state index contributed by atoms with van der Waals surface area (Å²) in [5.41, 5.74) is 0.0978. The SMILES string of the molecule is CC(C(=O)NCc1ccc(C(F)(F)F)cc1OC1CCCC1)c1ccc(NS(C)=O)c(F)c1. The van der Waals surface area contributed by atoms with E-state index >= 15 is 0 Å². The molecule has 180 valence electrons. The highest BCUT2D eigenvalue weighted by atomic mass is 32.2. The molecule has 1 amide bonds. The number of carbonyl (C=O) groups excluding carboxylic acids is 1. The van der Waals surface area contributed by atoms with Crippen molar-refractivity contribution in [1.29, 1.82) is 0 Å². The summed E-state index contributed by atoms with van der Waals surface area (Å²) in [5, 5.41) is 2.70. The van der Waals surface area contributed by atoms with Gasteiger partial charge in [-0.25, -0.2) is 8.60 Å². The Balaban J connectivity index is 1.71. The van der Waals surface area contributed by atoms with E-state index in [1.54, 1.807) is 13.0 Å². The van der Waals surface area contributed by atoms with Crippen molar-refractivity contribution in [1.82, 2.24) is 5.32 Å². The number of alkyl halides is 3. The molecule has 33 heavy (non-hydrogen) atoms. The van der Waals surface area contributed by atoms with Gasteiger partial charge in [0.05, 0.1) is 23.3 Å². The molecule has 1 fully saturated rings. The number of benzene rings is 2. The lowest BCUT2D eigenvalue weighted by Gasteiger charge is -2.19. The van der Waals surface area contributed by atoms with Gasteiger partial charge in [0, 0.05) is 18.4 Å². The third-order valence-electron chi connectivity index (χ3n) is 5.58. The van der Waals surface area contributed by atoms with Gasteiger partial charge in [0.1, 0.15) is 22.6 Å². The molecule has 0 heterocycles. The molecule has 0 aliphatic heterocycles. The fraction of sp³-hybridized carbons (Fsp3) is 0.435. The smallest absolute Gasteiger partial charge is 0.416 e. The first-order valence-corrected chi connectivity index (χ1v) is 12.1. The number of halogens is 4. The van der Waals surface area contributed by atoms with Gasteiger partial charge in [-0.05, 0) is 62.4 Å². The summed E-state index contributed by atoms with van der Waals surface area (Å²) in [5.74, 6) is -1.66. The second kappa shape index (κ2) is 10.5. The Labute approximate surface area is 192 Å². The fourth-order valence-corrected chi connectivity index (χ4v) is 4.17. The van der Waals surface area contributed by atoms with Crippen LogP contribution in [0.4, 0.5) is 23.2 Å². The van der Waals surface area contributed by atoms with Gasteiger partial charge in [-0.3, -0.25) is 4.79 Å². The Morgan fingerprint density at radius 3 is 2.48 bits per heavy atom.